The lowest BCUT2D eigenvalue weighted by molar-refractivity contribution is -0.161. The second-order valence-electron chi connectivity index (χ2n) is 13.5. The smallest absolute Gasteiger partial charge is 0.462 e. The third-order valence-corrected chi connectivity index (χ3v) is 9.25. The maximum atomic E-state index is 12.5. The number of ether oxygens (including phenoxy) is 2. The fraction of sp³-hybridized carbons (Fsp3) is 0.644. The molecular weight excluding hydrogens is 713 g/mol. The largest absolute Gasteiger partial charge is 0.472 e. The fourth-order valence-electron chi connectivity index (χ4n) is 5.12. The molecule has 2 atom stereocenters. The molecule has 0 aromatic carbocycles. The van der Waals surface area contributed by atoms with E-state index in [1.807, 2.05) is 12.2 Å². The van der Waals surface area contributed by atoms with Gasteiger partial charge < -0.3 is 20.1 Å². The van der Waals surface area contributed by atoms with Gasteiger partial charge in [0, 0.05) is 19.4 Å². The van der Waals surface area contributed by atoms with Gasteiger partial charge in [0.15, 0.2) is 6.10 Å². The molecule has 0 saturated heterocycles. The Morgan fingerprint density at radius 3 is 1.47 bits per heavy atom. The average molecular weight is 790 g/mol. The number of rotatable bonds is 38. The predicted octanol–water partition coefficient (Wildman–Crippen LogP) is 12.0. The molecule has 0 fully saturated rings. The highest BCUT2D eigenvalue weighted by molar-refractivity contribution is 7.47. The quantitative estimate of drug-likeness (QED) is 0.0271. The van der Waals surface area contributed by atoms with Crippen LogP contribution in [0, 0.1) is 0 Å². The first-order chi connectivity index (χ1) is 26.8. The molecule has 0 radical (unpaired) electrons. The minimum Gasteiger partial charge on any atom is -0.462 e. The SMILES string of the molecule is CCCCC/C=C/C/C=C/C/C=C/C/C=C/C/C=C/CCC(=O)O[C@H](COC(=O)CCCCCCC/C=C/C/C=C/CCCCC)COP(=O)(O)OCCN. The van der Waals surface area contributed by atoms with Gasteiger partial charge in [0.05, 0.1) is 13.2 Å². The number of phosphoric acid groups is 1. The fourth-order valence-corrected chi connectivity index (χ4v) is 5.88. The van der Waals surface area contributed by atoms with Crippen molar-refractivity contribution in [1.29, 1.82) is 0 Å². The Morgan fingerprint density at radius 2 is 0.982 bits per heavy atom. The summed E-state index contributed by atoms with van der Waals surface area (Å²) in [5, 5.41) is 0. The van der Waals surface area contributed by atoms with Crippen LogP contribution in [0.25, 0.3) is 0 Å². The number of hydrogen-bond donors (Lipinski definition) is 2. The highest BCUT2D eigenvalue weighted by Crippen LogP contribution is 2.43. The van der Waals surface area contributed by atoms with Crippen LogP contribution in [0.3, 0.4) is 0 Å². The van der Waals surface area contributed by atoms with E-state index in [9.17, 15) is 19.0 Å². The predicted molar refractivity (Wildman–Crippen MR) is 229 cm³/mol. The highest BCUT2D eigenvalue weighted by atomic mass is 31.2. The van der Waals surface area contributed by atoms with Crippen LogP contribution >= 0.6 is 7.82 Å². The van der Waals surface area contributed by atoms with Crippen LogP contribution in [0.2, 0.25) is 0 Å². The third-order valence-electron chi connectivity index (χ3n) is 8.27. The summed E-state index contributed by atoms with van der Waals surface area (Å²) in [5.74, 6) is -0.950. The first kappa shape index (κ1) is 52.2. The molecule has 0 aromatic rings. The summed E-state index contributed by atoms with van der Waals surface area (Å²) in [5.41, 5.74) is 5.34. The molecule has 10 heteroatoms. The van der Waals surface area contributed by atoms with Crippen LogP contribution in [-0.4, -0.2) is 49.3 Å². The van der Waals surface area contributed by atoms with Crippen molar-refractivity contribution in [2.45, 2.75) is 161 Å². The van der Waals surface area contributed by atoms with Gasteiger partial charge in [-0.2, -0.15) is 0 Å². The maximum absolute atomic E-state index is 12.5. The lowest BCUT2D eigenvalue weighted by Crippen LogP contribution is -2.29. The van der Waals surface area contributed by atoms with Crippen molar-refractivity contribution in [3.05, 3.63) is 85.1 Å². The molecule has 0 spiro atoms. The van der Waals surface area contributed by atoms with Crippen LogP contribution in [0.1, 0.15) is 155 Å². The monoisotopic (exact) mass is 790 g/mol. The van der Waals surface area contributed by atoms with Crippen molar-refractivity contribution in [3.63, 3.8) is 0 Å². The van der Waals surface area contributed by atoms with Crippen molar-refractivity contribution < 1.29 is 37.6 Å². The number of esters is 2. The lowest BCUT2D eigenvalue weighted by Gasteiger charge is -2.19. The van der Waals surface area contributed by atoms with Gasteiger partial charge in [-0.3, -0.25) is 18.6 Å². The van der Waals surface area contributed by atoms with Crippen molar-refractivity contribution in [2.24, 2.45) is 5.73 Å². The second kappa shape index (κ2) is 40.8. The molecule has 1 unspecified atom stereocenters. The van der Waals surface area contributed by atoms with Gasteiger partial charge in [-0.15, -0.1) is 0 Å². The number of phosphoric ester groups is 1. The number of hydrogen-bond acceptors (Lipinski definition) is 8. The van der Waals surface area contributed by atoms with E-state index in [0.29, 0.717) is 12.8 Å². The molecule has 55 heavy (non-hydrogen) atoms. The van der Waals surface area contributed by atoms with E-state index in [0.717, 1.165) is 64.2 Å². The highest BCUT2D eigenvalue weighted by Gasteiger charge is 2.25. The Bertz CT molecular complexity index is 1170. The summed E-state index contributed by atoms with van der Waals surface area (Å²) in [6.07, 6.45) is 50.5. The Balaban J connectivity index is 4.35. The first-order valence-electron chi connectivity index (χ1n) is 21.1. The van der Waals surface area contributed by atoms with Crippen molar-refractivity contribution >= 4 is 19.8 Å². The molecular formula is C45H76NO8P. The van der Waals surface area contributed by atoms with Crippen LogP contribution in [-0.2, 0) is 32.7 Å². The zero-order valence-electron chi connectivity index (χ0n) is 34.4. The van der Waals surface area contributed by atoms with E-state index in [2.05, 4.69) is 86.8 Å². The molecule has 0 rings (SSSR count). The van der Waals surface area contributed by atoms with Crippen LogP contribution < -0.4 is 5.73 Å². The van der Waals surface area contributed by atoms with Crippen molar-refractivity contribution in [1.82, 2.24) is 0 Å². The number of allylic oxidation sites excluding steroid dienone is 14. The van der Waals surface area contributed by atoms with Crippen LogP contribution in [0.5, 0.6) is 0 Å². The summed E-state index contributed by atoms with van der Waals surface area (Å²) in [4.78, 5) is 34.8. The summed E-state index contributed by atoms with van der Waals surface area (Å²) in [6, 6.07) is 0. The Morgan fingerprint density at radius 1 is 0.545 bits per heavy atom. The zero-order valence-corrected chi connectivity index (χ0v) is 35.3. The van der Waals surface area contributed by atoms with Gasteiger partial charge in [0.25, 0.3) is 0 Å². The summed E-state index contributed by atoms with van der Waals surface area (Å²) in [6.45, 7) is 3.55. The van der Waals surface area contributed by atoms with Gasteiger partial charge in [0.2, 0.25) is 0 Å². The van der Waals surface area contributed by atoms with E-state index in [4.69, 9.17) is 24.3 Å². The second-order valence-corrected chi connectivity index (χ2v) is 14.9. The standard InChI is InChI=1S/C45H76NO8P/c1-3-5-7-9-11-13-15-17-19-20-21-22-24-26-28-30-32-34-36-38-45(48)54-43(42-53-55(49,50)52-40-39-46)41-51-44(47)37-35-33-31-29-27-25-23-18-16-14-12-10-8-6-4-2/h11-14,17-19,21-23,26,28,32,34,43H,3-10,15-16,20,24-25,27,29-31,33,35-42,46H2,1-2H3,(H,49,50)/b13-11+,14-12+,19-17+,22-21+,23-18+,28-26+,34-32+/t43-/m1/s1. The molecule has 0 bridgehead atoms. The minimum atomic E-state index is -4.40. The number of carbonyl (C=O) groups excluding carboxylic acids is 2. The van der Waals surface area contributed by atoms with E-state index in [1.54, 1.807) is 0 Å². The van der Waals surface area contributed by atoms with Gasteiger partial charge >= 0.3 is 19.8 Å². The van der Waals surface area contributed by atoms with Crippen LogP contribution in [0.15, 0.2) is 85.1 Å². The van der Waals surface area contributed by atoms with E-state index in [-0.39, 0.29) is 32.6 Å². The van der Waals surface area contributed by atoms with Crippen molar-refractivity contribution in [2.75, 3.05) is 26.4 Å². The molecule has 3 N–H and O–H groups in total. The van der Waals surface area contributed by atoms with E-state index in [1.165, 1.54) is 51.4 Å². The molecule has 0 aliphatic rings. The zero-order chi connectivity index (χ0) is 40.3. The summed E-state index contributed by atoms with van der Waals surface area (Å²) in [7, 11) is -4.40. The molecule has 0 amide bonds. The van der Waals surface area contributed by atoms with Gasteiger partial charge in [-0.25, -0.2) is 4.57 Å². The Hall–Kier alpha value is -2.81. The molecule has 0 heterocycles. The molecule has 0 saturated carbocycles. The van der Waals surface area contributed by atoms with Crippen molar-refractivity contribution in [3.8, 4) is 0 Å². The maximum Gasteiger partial charge on any atom is 0.472 e. The third kappa shape index (κ3) is 40.7. The summed E-state index contributed by atoms with van der Waals surface area (Å²) >= 11 is 0. The van der Waals surface area contributed by atoms with E-state index < -0.39 is 32.5 Å². The number of nitrogens with two attached hydrogens (primary N) is 1. The lowest BCUT2D eigenvalue weighted by atomic mass is 10.1. The molecule has 0 aliphatic carbocycles. The van der Waals surface area contributed by atoms with Gasteiger partial charge in [0.1, 0.15) is 6.61 Å². The molecule has 0 aromatic heterocycles. The average Bonchev–Trinajstić information content (AvgIpc) is 3.17. The van der Waals surface area contributed by atoms with Gasteiger partial charge in [-0.1, -0.05) is 144 Å². The Kier molecular flexibility index (Phi) is 38.8. The summed E-state index contributed by atoms with van der Waals surface area (Å²) < 4.78 is 32.6. The number of carbonyl (C=O) groups is 2. The minimum absolute atomic E-state index is 0.0358. The topological polar surface area (TPSA) is 134 Å². The molecule has 314 valence electrons. The van der Waals surface area contributed by atoms with E-state index >= 15 is 0 Å². The molecule has 9 nitrogen and oxygen atoms in total. The normalized spacial score (nSPS) is 14.2. The Labute approximate surface area is 334 Å². The molecule has 0 aliphatic heterocycles. The first-order valence-corrected chi connectivity index (χ1v) is 22.6. The van der Waals surface area contributed by atoms with Crippen LogP contribution in [0.4, 0.5) is 0 Å². The number of unbranched alkanes of at least 4 members (excludes halogenated alkanes) is 11. The van der Waals surface area contributed by atoms with Gasteiger partial charge in [-0.05, 0) is 83.5 Å².